The zero-order chi connectivity index (χ0) is 9.47. The fraction of sp³-hybridized carbons (Fsp3) is 0.700. The number of hydrogen-bond donors (Lipinski definition) is 0. The van der Waals surface area contributed by atoms with Gasteiger partial charge in [-0.05, 0) is 19.3 Å². The Kier molecular flexibility index (Phi) is 2.37. The summed E-state index contributed by atoms with van der Waals surface area (Å²) in [6.07, 6.45) is 3.75. The van der Waals surface area contributed by atoms with Crippen molar-refractivity contribution in [3.63, 3.8) is 0 Å². The highest BCUT2D eigenvalue weighted by Crippen LogP contribution is 2.39. The molecular formula is C10H14ClNS. The Bertz CT molecular complexity index is 317. The van der Waals surface area contributed by atoms with E-state index in [-0.39, 0.29) is 5.41 Å². The first-order valence-electron chi connectivity index (χ1n) is 4.68. The van der Waals surface area contributed by atoms with Gasteiger partial charge in [0.05, 0.1) is 11.6 Å². The Morgan fingerprint density at radius 2 is 2.31 bits per heavy atom. The average Bonchev–Trinajstić information content (AvgIpc) is 2.48. The van der Waals surface area contributed by atoms with Crippen LogP contribution in [-0.4, -0.2) is 4.98 Å². The molecule has 0 N–H and O–H groups in total. The molecule has 1 aromatic rings. The average molecular weight is 216 g/mol. The maximum absolute atomic E-state index is 5.79. The molecule has 0 aromatic carbocycles. The lowest BCUT2D eigenvalue weighted by Gasteiger charge is -2.28. The highest BCUT2D eigenvalue weighted by atomic mass is 35.5. The summed E-state index contributed by atoms with van der Waals surface area (Å²) in [6, 6.07) is 0. The van der Waals surface area contributed by atoms with Gasteiger partial charge in [-0.3, -0.25) is 0 Å². The molecule has 0 spiro atoms. The Labute approximate surface area is 88.1 Å². The maximum Gasteiger partial charge on any atom is 0.108 e. The van der Waals surface area contributed by atoms with E-state index in [0.717, 1.165) is 5.01 Å². The molecule has 1 heterocycles. The van der Waals surface area contributed by atoms with Gasteiger partial charge in [-0.15, -0.1) is 22.9 Å². The van der Waals surface area contributed by atoms with Crippen LogP contribution in [0, 0.1) is 0 Å². The van der Waals surface area contributed by atoms with E-state index in [9.17, 15) is 0 Å². The first-order valence-corrected chi connectivity index (χ1v) is 6.03. The molecule has 1 aliphatic carbocycles. The van der Waals surface area contributed by atoms with Crippen molar-refractivity contribution in [2.45, 2.75) is 44.4 Å². The number of rotatable bonds is 1. The van der Waals surface area contributed by atoms with Crippen molar-refractivity contribution in [1.29, 1.82) is 0 Å². The van der Waals surface area contributed by atoms with Gasteiger partial charge in [0.25, 0.3) is 0 Å². The van der Waals surface area contributed by atoms with Crippen LogP contribution in [0.15, 0.2) is 0 Å². The third kappa shape index (κ3) is 1.62. The van der Waals surface area contributed by atoms with Gasteiger partial charge in [0.15, 0.2) is 0 Å². The number of nitrogens with zero attached hydrogens (tertiary/aromatic N) is 1. The van der Waals surface area contributed by atoms with Crippen LogP contribution in [0.4, 0.5) is 0 Å². The minimum Gasteiger partial charge on any atom is -0.244 e. The summed E-state index contributed by atoms with van der Waals surface area (Å²) >= 11 is 7.58. The molecule has 0 amide bonds. The minimum atomic E-state index is 0.272. The Hall–Kier alpha value is -0.0800. The number of hydrogen-bond acceptors (Lipinski definition) is 2. The van der Waals surface area contributed by atoms with E-state index in [1.54, 1.807) is 11.3 Å². The second-order valence-electron chi connectivity index (χ2n) is 4.25. The van der Waals surface area contributed by atoms with E-state index in [1.807, 2.05) is 0 Å². The molecule has 1 aliphatic rings. The Balaban J connectivity index is 2.44. The summed E-state index contributed by atoms with van der Waals surface area (Å²) < 4.78 is 0. The molecule has 0 aliphatic heterocycles. The lowest BCUT2D eigenvalue weighted by molar-refractivity contribution is 0.423. The van der Waals surface area contributed by atoms with Gasteiger partial charge in [0, 0.05) is 10.3 Å². The number of aryl methyl sites for hydroxylation is 1. The van der Waals surface area contributed by atoms with E-state index in [1.165, 1.54) is 29.8 Å². The monoisotopic (exact) mass is 215 g/mol. The molecule has 0 unspecified atom stereocenters. The predicted molar refractivity (Wildman–Crippen MR) is 57.6 cm³/mol. The number of thiazole rings is 1. The highest BCUT2D eigenvalue weighted by Gasteiger charge is 2.30. The zero-order valence-electron chi connectivity index (χ0n) is 8.06. The number of halogens is 1. The number of alkyl halides is 1. The van der Waals surface area contributed by atoms with Crippen LogP contribution in [-0.2, 0) is 17.7 Å². The van der Waals surface area contributed by atoms with Crippen molar-refractivity contribution in [1.82, 2.24) is 4.98 Å². The molecule has 1 aromatic heterocycles. The third-order valence-corrected chi connectivity index (χ3v) is 4.23. The number of fused-ring (bicyclic) bond motifs is 1. The summed E-state index contributed by atoms with van der Waals surface area (Å²) in [5.41, 5.74) is 1.58. The van der Waals surface area contributed by atoms with E-state index in [2.05, 4.69) is 18.8 Å². The largest absolute Gasteiger partial charge is 0.244 e. The molecule has 0 fully saturated rings. The minimum absolute atomic E-state index is 0.272. The van der Waals surface area contributed by atoms with E-state index < -0.39 is 0 Å². The summed E-state index contributed by atoms with van der Waals surface area (Å²) in [5.74, 6) is 0.563. The van der Waals surface area contributed by atoms with Crippen molar-refractivity contribution in [2.24, 2.45) is 0 Å². The van der Waals surface area contributed by atoms with Gasteiger partial charge in [-0.1, -0.05) is 13.8 Å². The van der Waals surface area contributed by atoms with Crippen molar-refractivity contribution in [3.05, 3.63) is 15.6 Å². The molecule has 3 heteroatoms. The fourth-order valence-electron chi connectivity index (χ4n) is 1.97. The first-order chi connectivity index (χ1) is 6.13. The second-order valence-corrected chi connectivity index (χ2v) is 5.69. The van der Waals surface area contributed by atoms with Crippen LogP contribution in [0.2, 0.25) is 0 Å². The van der Waals surface area contributed by atoms with Crippen molar-refractivity contribution in [2.75, 3.05) is 0 Å². The summed E-state index contributed by atoms with van der Waals surface area (Å²) in [4.78, 5) is 6.07. The van der Waals surface area contributed by atoms with Crippen LogP contribution in [0.1, 0.15) is 42.3 Å². The normalized spacial score (nSPS) is 19.9. The summed E-state index contributed by atoms with van der Waals surface area (Å²) in [7, 11) is 0. The maximum atomic E-state index is 5.79. The van der Waals surface area contributed by atoms with Crippen molar-refractivity contribution >= 4 is 22.9 Å². The van der Waals surface area contributed by atoms with Gasteiger partial charge >= 0.3 is 0 Å². The molecule has 0 radical (unpaired) electrons. The van der Waals surface area contributed by atoms with Gasteiger partial charge in [-0.2, -0.15) is 0 Å². The van der Waals surface area contributed by atoms with Crippen LogP contribution in [0.25, 0.3) is 0 Å². The standard InChI is InChI=1S/C10H14ClNS/c1-10(2)5-3-4-7-9(10)12-8(6-11)13-7/h3-6H2,1-2H3. The predicted octanol–water partition coefficient (Wildman–Crippen LogP) is 3.50. The second kappa shape index (κ2) is 3.25. The first kappa shape index (κ1) is 9.47. The van der Waals surface area contributed by atoms with Crippen LogP contribution < -0.4 is 0 Å². The molecule has 72 valence electrons. The lowest BCUT2D eigenvalue weighted by Crippen LogP contribution is -2.23. The molecular weight excluding hydrogens is 202 g/mol. The highest BCUT2D eigenvalue weighted by molar-refractivity contribution is 7.12. The van der Waals surface area contributed by atoms with Gasteiger partial charge in [-0.25, -0.2) is 4.98 Å². The molecule has 0 saturated heterocycles. The lowest BCUT2D eigenvalue weighted by atomic mass is 9.79. The van der Waals surface area contributed by atoms with Gasteiger partial charge in [0.2, 0.25) is 0 Å². The third-order valence-electron chi connectivity index (χ3n) is 2.70. The Morgan fingerprint density at radius 3 is 2.92 bits per heavy atom. The van der Waals surface area contributed by atoms with Crippen molar-refractivity contribution in [3.8, 4) is 0 Å². The quantitative estimate of drug-likeness (QED) is 0.654. The van der Waals surface area contributed by atoms with E-state index in [4.69, 9.17) is 11.6 Å². The summed E-state index contributed by atoms with van der Waals surface area (Å²) in [5, 5.41) is 1.08. The molecule has 1 nitrogen and oxygen atoms in total. The van der Waals surface area contributed by atoms with Gasteiger partial charge < -0.3 is 0 Å². The van der Waals surface area contributed by atoms with E-state index >= 15 is 0 Å². The van der Waals surface area contributed by atoms with Crippen molar-refractivity contribution < 1.29 is 0 Å². The number of aromatic nitrogens is 1. The van der Waals surface area contributed by atoms with Crippen LogP contribution in [0.3, 0.4) is 0 Å². The van der Waals surface area contributed by atoms with Crippen LogP contribution >= 0.6 is 22.9 Å². The van der Waals surface area contributed by atoms with E-state index in [0.29, 0.717) is 5.88 Å². The van der Waals surface area contributed by atoms with Gasteiger partial charge in [0.1, 0.15) is 5.01 Å². The molecule has 0 saturated carbocycles. The molecule has 0 bridgehead atoms. The molecule has 2 rings (SSSR count). The fourth-order valence-corrected chi connectivity index (χ4v) is 3.33. The topological polar surface area (TPSA) is 12.9 Å². The smallest absolute Gasteiger partial charge is 0.108 e. The Morgan fingerprint density at radius 1 is 1.54 bits per heavy atom. The molecule has 0 atom stereocenters. The zero-order valence-corrected chi connectivity index (χ0v) is 9.63. The SMILES string of the molecule is CC1(C)CCCc2sc(CCl)nc21. The summed E-state index contributed by atoms with van der Waals surface area (Å²) in [6.45, 7) is 4.56. The molecule has 13 heavy (non-hydrogen) atoms. The van der Waals surface area contributed by atoms with Crippen LogP contribution in [0.5, 0.6) is 0 Å².